The molecule has 0 fully saturated rings. The van der Waals surface area contributed by atoms with Crippen LogP contribution >= 0.6 is 0 Å². The van der Waals surface area contributed by atoms with E-state index in [0.717, 1.165) is 25.8 Å². The van der Waals surface area contributed by atoms with Gasteiger partial charge in [-0.25, -0.2) is 0 Å². The summed E-state index contributed by atoms with van der Waals surface area (Å²) in [5.74, 6) is 0. The predicted molar refractivity (Wildman–Crippen MR) is 112 cm³/mol. The van der Waals surface area contributed by atoms with Gasteiger partial charge in [0.05, 0.1) is 18.8 Å². The fourth-order valence-electron chi connectivity index (χ4n) is 3.54. The zero-order valence-electron chi connectivity index (χ0n) is 17.7. The molecule has 0 amide bonds. The Hall–Kier alpha value is -0.160. The van der Waals surface area contributed by atoms with Gasteiger partial charge in [0, 0.05) is 13.1 Å². The van der Waals surface area contributed by atoms with Gasteiger partial charge < -0.3 is 15.3 Å². The van der Waals surface area contributed by atoms with Crippen LogP contribution in [-0.4, -0.2) is 58.7 Å². The Kier molecular flexibility index (Phi) is 19.5. The second kappa shape index (κ2) is 19.6. The van der Waals surface area contributed by atoms with Gasteiger partial charge in [0.25, 0.3) is 0 Å². The van der Waals surface area contributed by atoms with E-state index in [1.165, 1.54) is 70.6 Å². The van der Waals surface area contributed by atoms with Crippen molar-refractivity contribution in [2.75, 3.05) is 26.2 Å². The highest BCUT2D eigenvalue weighted by Gasteiger charge is 2.14. The van der Waals surface area contributed by atoms with Crippen LogP contribution in [0.4, 0.5) is 0 Å². The number of unbranched alkanes of at least 4 members (excludes halogenated alkanes) is 11. The molecule has 26 heavy (non-hydrogen) atoms. The van der Waals surface area contributed by atoms with Gasteiger partial charge in [-0.2, -0.15) is 0 Å². The maximum atomic E-state index is 10.2. The molecular weight excluding hydrogens is 326 g/mol. The maximum Gasteiger partial charge on any atom is 0.0897 e. The van der Waals surface area contributed by atoms with Gasteiger partial charge in [-0.3, -0.25) is 4.90 Å². The highest BCUT2D eigenvalue weighted by atomic mass is 16.3. The molecule has 0 heterocycles. The Bertz CT molecular complexity index is 276. The molecule has 0 rings (SSSR count). The summed E-state index contributed by atoms with van der Waals surface area (Å²) in [5.41, 5.74) is 0. The number of aliphatic hydroxyl groups is 3. The molecule has 0 radical (unpaired) electrons. The second-order valence-corrected chi connectivity index (χ2v) is 7.93. The van der Waals surface area contributed by atoms with Crippen molar-refractivity contribution in [3.05, 3.63) is 0 Å². The summed E-state index contributed by atoms with van der Waals surface area (Å²) in [6, 6.07) is 0. The minimum Gasteiger partial charge on any atom is -0.394 e. The van der Waals surface area contributed by atoms with Gasteiger partial charge in [-0.1, -0.05) is 90.9 Å². The number of hydrogen-bond donors (Lipinski definition) is 3. The Morgan fingerprint density at radius 3 is 1.54 bits per heavy atom. The average Bonchev–Trinajstić information content (AvgIpc) is 2.62. The largest absolute Gasteiger partial charge is 0.394 e. The number of hydrogen-bond acceptors (Lipinski definition) is 4. The van der Waals surface area contributed by atoms with Crippen LogP contribution < -0.4 is 0 Å². The second-order valence-electron chi connectivity index (χ2n) is 7.93. The summed E-state index contributed by atoms with van der Waals surface area (Å²) < 4.78 is 0. The van der Waals surface area contributed by atoms with E-state index in [2.05, 4.69) is 18.7 Å². The van der Waals surface area contributed by atoms with E-state index in [1.807, 2.05) is 0 Å². The average molecular weight is 374 g/mol. The van der Waals surface area contributed by atoms with Crippen LogP contribution in [0.25, 0.3) is 0 Å². The third kappa shape index (κ3) is 17.3. The molecule has 0 saturated heterocycles. The Labute approximate surface area is 163 Å². The quantitative estimate of drug-likeness (QED) is 0.275. The zero-order chi connectivity index (χ0) is 19.5. The van der Waals surface area contributed by atoms with E-state index in [9.17, 15) is 10.2 Å². The topological polar surface area (TPSA) is 63.9 Å². The van der Waals surface area contributed by atoms with Crippen LogP contribution in [0.1, 0.15) is 104 Å². The molecule has 3 N–H and O–H groups in total. The van der Waals surface area contributed by atoms with Gasteiger partial charge in [-0.15, -0.1) is 0 Å². The molecule has 0 aromatic rings. The van der Waals surface area contributed by atoms with Gasteiger partial charge in [0.2, 0.25) is 0 Å². The van der Waals surface area contributed by atoms with Crippen molar-refractivity contribution >= 4 is 0 Å². The fourth-order valence-corrected chi connectivity index (χ4v) is 3.54. The third-order valence-electron chi connectivity index (χ3n) is 5.08. The molecule has 0 aromatic heterocycles. The summed E-state index contributed by atoms with van der Waals surface area (Å²) in [6.07, 6.45) is 16.8. The smallest absolute Gasteiger partial charge is 0.0897 e. The molecule has 4 heteroatoms. The molecule has 0 spiro atoms. The van der Waals surface area contributed by atoms with Crippen molar-refractivity contribution in [2.24, 2.45) is 0 Å². The van der Waals surface area contributed by atoms with E-state index in [-0.39, 0.29) is 12.7 Å². The van der Waals surface area contributed by atoms with Crippen molar-refractivity contribution in [3.63, 3.8) is 0 Å². The first-order valence-corrected chi connectivity index (χ1v) is 11.3. The van der Waals surface area contributed by atoms with Gasteiger partial charge in [-0.05, 0) is 19.4 Å². The number of rotatable bonds is 20. The predicted octanol–water partition coefficient (Wildman–Crippen LogP) is 4.50. The van der Waals surface area contributed by atoms with E-state index in [1.54, 1.807) is 0 Å². The Morgan fingerprint density at radius 1 is 0.615 bits per heavy atom. The van der Waals surface area contributed by atoms with Crippen molar-refractivity contribution in [1.82, 2.24) is 4.90 Å². The van der Waals surface area contributed by atoms with Crippen LogP contribution in [0, 0.1) is 0 Å². The summed E-state index contributed by atoms with van der Waals surface area (Å²) in [4.78, 5) is 2.06. The maximum absolute atomic E-state index is 10.2. The lowest BCUT2D eigenvalue weighted by atomic mass is 10.0. The first kappa shape index (κ1) is 25.8. The monoisotopic (exact) mass is 373 g/mol. The molecule has 2 unspecified atom stereocenters. The lowest BCUT2D eigenvalue weighted by Gasteiger charge is -2.26. The van der Waals surface area contributed by atoms with Crippen molar-refractivity contribution in [3.8, 4) is 0 Å². The van der Waals surface area contributed by atoms with E-state index in [0.29, 0.717) is 13.1 Å². The Balaban J connectivity index is 3.50. The molecule has 0 saturated carbocycles. The third-order valence-corrected chi connectivity index (χ3v) is 5.08. The van der Waals surface area contributed by atoms with Crippen LogP contribution in [-0.2, 0) is 0 Å². The Morgan fingerprint density at radius 2 is 1.08 bits per heavy atom. The van der Waals surface area contributed by atoms with Crippen molar-refractivity contribution < 1.29 is 15.3 Å². The SMILES string of the molecule is CCCCCCCCCCCCCCC(O)CN(CCC)CC(O)CO. The summed E-state index contributed by atoms with van der Waals surface area (Å²) in [7, 11) is 0. The van der Waals surface area contributed by atoms with Crippen molar-refractivity contribution in [1.29, 1.82) is 0 Å². The summed E-state index contributed by atoms with van der Waals surface area (Å²) >= 11 is 0. The van der Waals surface area contributed by atoms with Gasteiger partial charge in [0.15, 0.2) is 0 Å². The highest BCUT2D eigenvalue weighted by Crippen LogP contribution is 2.13. The minimum absolute atomic E-state index is 0.213. The summed E-state index contributed by atoms with van der Waals surface area (Å²) in [5, 5.41) is 28.8. The molecule has 158 valence electrons. The standard InChI is InChI=1S/C22H47NO3/c1-3-5-6-7-8-9-10-11-12-13-14-15-16-21(25)18-23(17-4-2)19-22(26)20-24/h21-22,24-26H,3-20H2,1-2H3. The normalized spacial score (nSPS) is 14.1. The van der Waals surface area contributed by atoms with Crippen LogP contribution in [0.2, 0.25) is 0 Å². The van der Waals surface area contributed by atoms with Crippen LogP contribution in [0.15, 0.2) is 0 Å². The molecule has 0 aliphatic carbocycles. The molecule has 4 nitrogen and oxygen atoms in total. The van der Waals surface area contributed by atoms with E-state index >= 15 is 0 Å². The molecule has 0 aromatic carbocycles. The first-order chi connectivity index (χ1) is 12.6. The van der Waals surface area contributed by atoms with Gasteiger partial charge >= 0.3 is 0 Å². The highest BCUT2D eigenvalue weighted by molar-refractivity contribution is 4.68. The minimum atomic E-state index is -0.708. The molecule has 0 aliphatic heterocycles. The number of aliphatic hydroxyl groups excluding tert-OH is 3. The summed E-state index contributed by atoms with van der Waals surface area (Å²) in [6.45, 7) is 6.04. The molecule has 0 bridgehead atoms. The lowest BCUT2D eigenvalue weighted by Crippen LogP contribution is -2.39. The lowest BCUT2D eigenvalue weighted by molar-refractivity contribution is 0.0372. The fraction of sp³-hybridized carbons (Fsp3) is 1.00. The van der Waals surface area contributed by atoms with Crippen molar-refractivity contribution in [2.45, 2.75) is 116 Å². The van der Waals surface area contributed by atoms with Gasteiger partial charge in [0.1, 0.15) is 0 Å². The molecular formula is C22H47NO3. The molecule has 2 atom stereocenters. The number of nitrogens with zero attached hydrogens (tertiary/aromatic N) is 1. The van der Waals surface area contributed by atoms with E-state index in [4.69, 9.17) is 5.11 Å². The van der Waals surface area contributed by atoms with E-state index < -0.39 is 6.10 Å². The van der Waals surface area contributed by atoms with Crippen LogP contribution in [0.3, 0.4) is 0 Å². The zero-order valence-corrected chi connectivity index (χ0v) is 17.7. The van der Waals surface area contributed by atoms with Crippen LogP contribution in [0.5, 0.6) is 0 Å². The molecule has 0 aliphatic rings. The first-order valence-electron chi connectivity index (χ1n) is 11.3.